The van der Waals surface area contributed by atoms with E-state index in [1.807, 2.05) is 0 Å². The molecule has 3 N–H and O–H groups in total. The average molecular weight is 196 g/mol. The molecule has 0 aliphatic heterocycles. The molecule has 0 aromatic carbocycles. The number of rotatable bonds is 2. The van der Waals surface area contributed by atoms with Crippen LogP contribution in [-0.2, 0) is 0 Å². The maximum atomic E-state index is 11.2. The zero-order valence-electron chi connectivity index (χ0n) is 6.64. The Morgan fingerprint density at radius 1 is 1.57 bits per heavy atom. The number of nitro groups is 1. The largest absolute Gasteiger partial charge is 0.339 e. The van der Waals surface area contributed by atoms with E-state index in [0.717, 1.165) is 0 Å². The highest BCUT2D eigenvalue weighted by Crippen LogP contribution is 2.01. The van der Waals surface area contributed by atoms with E-state index in [1.165, 1.54) is 6.33 Å². The van der Waals surface area contributed by atoms with Crippen LogP contribution in [0.4, 0.5) is 5.95 Å². The summed E-state index contributed by atoms with van der Waals surface area (Å²) < 4.78 is 0. The fourth-order valence-electron chi connectivity index (χ4n) is 0.982. The van der Waals surface area contributed by atoms with Crippen LogP contribution in [0.25, 0.3) is 11.2 Å². The molecule has 0 amide bonds. The third-order valence-electron chi connectivity index (χ3n) is 1.49. The number of imidazole rings is 1. The molecule has 0 fully saturated rings. The van der Waals surface area contributed by atoms with Crippen LogP contribution < -0.4 is 11.0 Å². The lowest BCUT2D eigenvalue weighted by molar-refractivity contribution is -0.446. The number of H-pyrrole nitrogens is 2. The van der Waals surface area contributed by atoms with Crippen molar-refractivity contribution in [2.45, 2.75) is 0 Å². The minimum atomic E-state index is -0.823. The SMILES string of the molecule is O=c1[nH]c(N[N+](=O)[O-])nc2nc[nH]c12. The van der Waals surface area contributed by atoms with Crippen molar-refractivity contribution < 1.29 is 5.03 Å². The Hall–Kier alpha value is -2.45. The summed E-state index contributed by atoms with van der Waals surface area (Å²) in [5.41, 5.74) is 1.52. The average Bonchev–Trinajstić information content (AvgIpc) is 2.50. The first-order valence-electron chi connectivity index (χ1n) is 3.51. The van der Waals surface area contributed by atoms with Gasteiger partial charge in [-0.1, -0.05) is 5.43 Å². The molecule has 0 saturated carbocycles. The van der Waals surface area contributed by atoms with Crippen molar-refractivity contribution >= 4 is 17.1 Å². The molecule has 2 aromatic heterocycles. The van der Waals surface area contributed by atoms with Crippen molar-refractivity contribution in [3.63, 3.8) is 0 Å². The lowest BCUT2D eigenvalue weighted by Crippen LogP contribution is -2.16. The van der Waals surface area contributed by atoms with Gasteiger partial charge in [-0.15, -0.1) is 0 Å². The smallest absolute Gasteiger partial charge is 0.278 e. The lowest BCUT2D eigenvalue weighted by Gasteiger charge is -1.94. The topological polar surface area (TPSA) is 130 Å². The van der Waals surface area contributed by atoms with Gasteiger partial charge in [0.2, 0.25) is 0 Å². The van der Waals surface area contributed by atoms with Gasteiger partial charge in [0.25, 0.3) is 11.5 Å². The maximum Gasteiger partial charge on any atom is 0.278 e. The zero-order valence-corrected chi connectivity index (χ0v) is 6.64. The van der Waals surface area contributed by atoms with Crippen LogP contribution in [0.1, 0.15) is 0 Å². The van der Waals surface area contributed by atoms with Gasteiger partial charge in [0.05, 0.1) is 6.33 Å². The molecule has 2 aromatic rings. The van der Waals surface area contributed by atoms with Gasteiger partial charge in [-0.05, 0) is 0 Å². The molecule has 9 heteroatoms. The fraction of sp³-hybridized carbons (Fsp3) is 0. The van der Waals surface area contributed by atoms with Crippen LogP contribution in [0.3, 0.4) is 0 Å². The van der Waals surface area contributed by atoms with Crippen LogP contribution in [-0.4, -0.2) is 25.0 Å². The van der Waals surface area contributed by atoms with Gasteiger partial charge in [0.1, 0.15) is 0 Å². The van der Waals surface area contributed by atoms with Crippen molar-refractivity contribution in [2.75, 3.05) is 5.43 Å². The summed E-state index contributed by atoms with van der Waals surface area (Å²) in [4.78, 5) is 33.4. The van der Waals surface area contributed by atoms with Gasteiger partial charge in [0, 0.05) is 0 Å². The third kappa shape index (κ3) is 1.26. The normalized spacial score (nSPS) is 10.3. The Bertz CT molecular complexity index is 542. The van der Waals surface area contributed by atoms with Crippen LogP contribution in [0.15, 0.2) is 11.1 Å². The summed E-state index contributed by atoms with van der Waals surface area (Å²) in [7, 11) is 0. The van der Waals surface area contributed by atoms with Crippen LogP contribution in [0.5, 0.6) is 0 Å². The van der Waals surface area contributed by atoms with Crippen molar-refractivity contribution in [2.24, 2.45) is 0 Å². The number of anilines is 1. The highest BCUT2D eigenvalue weighted by Gasteiger charge is 2.07. The number of hydrazine groups is 1. The van der Waals surface area contributed by atoms with E-state index in [2.05, 4.69) is 19.9 Å². The van der Waals surface area contributed by atoms with Crippen molar-refractivity contribution in [3.8, 4) is 0 Å². The predicted molar refractivity (Wildman–Crippen MR) is 45.1 cm³/mol. The Kier molecular flexibility index (Phi) is 1.63. The first kappa shape index (κ1) is 8.16. The van der Waals surface area contributed by atoms with E-state index in [1.54, 1.807) is 5.43 Å². The van der Waals surface area contributed by atoms with Crippen LogP contribution >= 0.6 is 0 Å². The van der Waals surface area contributed by atoms with Crippen molar-refractivity contribution in [1.82, 2.24) is 19.9 Å². The summed E-state index contributed by atoms with van der Waals surface area (Å²) >= 11 is 0. The standard InChI is InChI=1S/C5H4N6O3/c12-4-2-3(7-1-6-2)8-5(9-4)10-11(13)14/h1H,(H3,6,7,8,9,10,12). The van der Waals surface area contributed by atoms with E-state index in [4.69, 9.17) is 0 Å². The van der Waals surface area contributed by atoms with Gasteiger partial charge in [-0.25, -0.2) is 15.1 Å². The second kappa shape index (κ2) is 2.80. The number of fused-ring (bicyclic) bond motifs is 1. The fourth-order valence-corrected chi connectivity index (χ4v) is 0.982. The van der Waals surface area contributed by atoms with Crippen LogP contribution in [0.2, 0.25) is 0 Å². The van der Waals surface area contributed by atoms with E-state index in [0.29, 0.717) is 0 Å². The highest BCUT2D eigenvalue weighted by atomic mass is 16.7. The van der Waals surface area contributed by atoms with Crippen molar-refractivity contribution in [1.29, 1.82) is 0 Å². The third-order valence-corrected chi connectivity index (χ3v) is 1.49. The molecule has 2 heterocycles. The summed E-state index contributed by atoms with van der Waals surface area (Å²) in [5.74, 6) is -0.250. The van der Waals surface area contributed by atoms with Gasteiger partial charge in [-0.2, -0.15) is 4.98 Å². The van der Waals surface area contributed by atoms with Crippen molar-refractivity contribution in [3.05, 3.63) is 26.8 Å². The molecule has 0 atom stereocenters. The van der Waals surface area contributed by atoms with E-state index < -0.39 is 10.6 Å². The van der Waals surface area contributed by atoms with Gasteiger partial charge in [0.15, 0.2) is 16.2 Å². The van der Waals surface area contributed by atoms with E-state index >= 15 is 0 Å². The minimum absolute atomic E-state index is 0.123. The monoisotopic (exact) mass is 196 g/mol. The molecule has 2 rings (SSSR count). The summed E-state index contributed by atoms with van der Waals surface area (Å²) in [5, 5.41) is 9.24. The molecule has 14 heavy (non-hydrogen) atoms. The molecular weight excluding hydrogens is 192 g/mol. The van der Waals surface area contributed by atoms with E-state index in [9.17, 15) is 14.9 Å². The number of hydrogen-bond acceptors (Lipinski definition) is 5. The zero-order chi connectivity index (χ0) is 10.1. The molecule has 0 spiro atoms. The number of hydrogen-bond donors (Lipinski definition) is 3. The minimum Gasteiger partial charge on any atom is -0.339 e. The lowest BCUT2D eigenvalue weighted by atomic mass is 10.5. The first-order valence-corrected chi connectivity index (χ1v) is 3.51. The highest BCUT2D eigenvalue weighted by molar-refractivity contribution is 5.69. The molecule has 72 valence electrons. The van der Waals surface area contributed by atoms with E-state index in [-0.39, 0.29) is 17.1 Å². The number of aromatic amines is 2. The maximum absolute atomic E-state index is 11.2. The molecular formula is C5H4N6O3. The number of nitrogens with zero attached hydrogens (tertiary/aromatic N) is 3. The molecule has 0 radical (unpaired) electrons. The predicted octanol–water partition coefficient (Wildman–Crippen LogP) is -0.750. The second-order valence-electron chi connectivity index (χ2n) is 2.38. The number of nitrogens with one attached hydrogen (secondary N) is 3. The Morgan fingerprint density at radius 3 is 3.07 bits per heavy atom. The first-order chi connectivity index (χ1) is 6.66. The molecule has 0 unspecified atom stereocenters. The van der Waals surface area contributed by atoms with Gasteiger partial charge in [-0.3, -0.25) is 9.78 Å². The summed E-state index contributed by atoms with van der Waals surface area (Å²) in [6.45, 7) is 0. The Labute approximate surface area is 75.3 Å². The Morgan fingerprint density at radius 2 is 2.36 bits per heavy atom. The second-order valence-corrected chi connectivity index (χ2v) is 2.38. The van der Waals surface area contributed by atoms with Crippen LogP contribution in [0, 0.1) is 10.1 Å². The summed E-state index contributed by atoms with van der Waals surface area (Å²) in [6.07, 6.45) is 1.28. The van der Waals surface area contributed by atoms with Gasteiger partial charge < -0.3 is 4.98 Å². The Balaban J connectivity index is 2.58. The molecule has 0 saturated heterocycles. The number of aromatic nitrogens is 4. The molecule has 0 aliphatic rings. The molecule has 9 nitrogen and oxygen atoms in total. The summed E-state index contributed by atoms with van der Waals surface area (Å²) in [6, 6.07) is 0. The quantitative estimate of drug-likeness (QED) is 0.428. The molecule has 0 aliphatic carbocycles. The van der Waals surface area contributed by atoms with Gasteiger partial charge >= 0.3 is 0 Å². The molecule has 0 bridgehead atoms.